The summed E-state index contributed by atoms with van der Waals surface area (Å²) in [5.74, 6) is 1.31. The van der Waals surface area contributed by atoms with Crippen molar-refractivity contribution in [1.82, 2.24) is 24.8 Å². The number of fused-ring (bicyclic) bond motifs is 1. The van der Waals surface area contributed by atoms with Crippen LogP contribution in [-0.4, -0.2) is 30.7 Å². The summed E-state index contributed by atoms with van der Waals surface area (Å²) in [6.45, 7) is 0. The number of rotatable bonds is 5. The predicted molar refractivity (Wildman–Crippen MR) is 115 cm³/mol. The molecule has 0 radical (unpaired) electrons. The van der Waals surface area contributed by atoms with Crippen LogP contribution in [0.25, 0.3) is 28.3 Å². The Labute approximate surface area is 174 Å². The Morgan fingerprint density at radius 2 is 1.70 bits per heavy atom. The number of carbonyl (C=O) groups is 1. The minimum atomic E-state index is 0.0978. The van der Waals surface area contributed by atoms with Crippen LogP contribution in [0.2, 0.25) is 0 Å². The molecular formula is C23H22N6O. The molecule has 0 unspecified atom stereocenters. The number of benzene rings is 1. The Morgan fingerprint density at radius 1 is 0.933 bits per heavy atom. The first kappa shape index (κ1) is 18.4. The van der Waals surface area contributed by atoms with E-state index in [4.69, 9.17) is 5.10 Å². The Balaban J connectivity index is 1.35. The van der Waals surface area contributed by atoms with E-state index < -0.39 is 0 Å². The second-order valence-electron chi connectivity index (χ2n) is 7.73. The van der Waals surface area contributed by atoms with E-state index in [1.54, 1.807) is 16.9 Å². The van der Waals surface area contributed by atoms with Gasteiger partial charge < -0.3 is 5.32 Å². The van der Waals surface area contributed by atoms with E-state index in [-0.39, 0.29) is 5.91 Å². The fourth-order valence-corrected chi connectivity index (χ4v) is 4.04. The Bertz CT molecular complexity index is 1160. The summed E-state index contributed by atoms with van der Waals surface area (Å²) >= 11 is 0. The van der Waals surface area contributed by atoms with E-state index >= 15 is 0 Å². The van der Waals surface area contributed by atoms with Crippen molar-refractivity contribution in [3.05, 3.63) is 60.9 Å². The first-order valence-electron chi connectivity index (χ1n) is 10.3. The maximum Gasteiger partial charge on any atom is 0.224 e. The molecule has 0 atom stereocenters. The van der Waals surface area contributed by atoms with Gasteiger partial charge in [-0.1, -0.05) is 25.0 Å². The highest BCUT2D eigenvalue weighted by Gasteiger charge is 2.18. The van der Waals surface area contributed by atoms with E-state index in [9.17, 15) is 4.79 Å². The van der Waals surface area contributed by atoms with E-state index in [2.05, 4.69) is 20.5 Å². The highest BCUT2D eigenvalue weighted by molar-refractivity contribution is 5.91. The van der Waals surface area contributed by atoms with Crippen LogP contribution < -0.4 is 5.32 Å². The van der Waals surface area contributed by atoms with Gasteiger partial charge in [-0.2, -0.15) is 9.61 Å². The van der Waals surface area contributed by atoms with Gasteiger partial charge in [-0.25, -0.2) is 0 Å². The van der Waals surface area contributed by atoms with Crippen molar-refractivity contribution >= 4 is 17.2 Å². The average molecular weight is 398 g/mol. The number of hydrogen-bond donors (Lipinski definition) is 1. The third kappa shape index (κ3) is 3.78. The molecule has 1 aliphatic carbocycles. The number of hydrogen-bond acceptors (Lipinski definition) is 5. The minimum Gasteiger partial charge on any atom is -0.326 e. The SMILES string of the molecule is O=C(CC1CCCC1)Nc1ccc(-c2ccc3nnc(-c4ccncc4)n3n2)cc1. The minimum absolute atomic E-state index is 0.0978. The fourth-order valence-electron chi connectivity index (χ4n) is 4.04. The Morgan fingerprint density at radius 3 is 2.47 bits per heavy atom. The van der Waals surface area contributed by atoms with E-state index in [0.29, 0.717) is 23.8 Å². The lowest BCUT2D eigenvalue weighted by atomic mass is 10.0. The molecule has 1 amide bonds. The van der Waals surface area contributed by atoms with Gasteiger partial charge in [0, 0.05) is 35.6 Å². The Hall–Kier alpha value is -3.61. The number of aromatic nitrogens is 5. The fraction of sp³-hybridized carbons (Fsp3) is 0.261. The molecule has 4 aromatic rings. The Kier molecular flexibility index (Phi) is 4.93. The predicted octanol–water partition coefficient (Wildman–Crippen LogP) is 4.37. The van der Waals surface area contributed by atoms with Crippen LogP contribution in [0.4, 0.5) is 5.69 Å². The smallest absolute Gasteiger partial charge is 0.224 e. The van der Waals surface area contributed by atoms with Gasteiger partial charge in [0.15, 0.2) is 11.5 Å². The van der Waals surface area contributed by atoms with Gasteiger partial charge >= 0.3 is 0 Å². The van der Waals surface area contributed by atoms with Crippen molar-refractivity contribution in [1.29, 1.82) is 0 Å². The second kappa shape index (κ2) is 8.02. The number of nitrogens with zero attached hydrogens (tertiary/aromatic N) is 5. The quantitative estimate of drug-likeness (QED) is 0.539. The van der Waals surface area contributed by atoms with Crippen LogP contribution in [0.15, 0.2) is 60.9 Å². The van der Waals surface area contributed by atoms with E-state index in [1.807, 2.05) is 48.5 Å². The zero-order valence-corrected chi connectivity index (χ0v) is 16.5. The molecule has 1 aromatic carbocycles. The van der Waals surface area contributed by atoms with Crippen LogP contribution in [0.1, 0.15) is 32.1 Å². The number of amides is 1. The zero-order chi connectivity index (χ0) is 20.3. The van der Waals surface area contributed by atoms with Crippen molar-refractivity contribution in [2.24, 2.45) is 5.92 Å². The largest absolute Gasteiger partial charge is 0.326 e. The van der Waals surface area contributed by atoms with Crippen LogP contribution in [-0.2, 0) is 4.79 Å². The second-order valence-corrected chi connectivity index (χ2v) is 7.73. The first-order valence-corrected chi connectivity index (χ1v) is 10.3. The van der Waals surface area contributed by atoms with Gasteiger partial charge in [0.2, 0.25) is 5.91 Å². The van der Waals surface area contributed by atoms with Crippen molar-refractivity contribution in [2.75, 3.05) is 5.32 Å². The number of pyridine rings is 1. The van der Waals surface area contributed by atoms with Crippen molar-refractivity contribution in [3.63, 3.8) is 0 Å². The molecule has 7 nitrogen and oxygen atoms in total. The average Bonchev–Trinajstić information content (AvgIpc) is 3.44. The molecule has 7 heteroatoms. The van der Waals surface area contributed by atoms with E-state index in [0.717, 1.165) is 22.5 Å². The van der Waals surface area contributed by atoms with Gasteiger partial charge in [-0.05, 0) is 55.2 Å². The lowest BCUT2D eigenvalue weighted by Gasteiger charge is -2.10. The molecule has 150 valence electrons. The highest BCUT2D eigenvalue weighted by Crippen LogP contribution is 2.28. The molecule has 0 spiro atoms. The van der Waals surface area contributed by atoms with Crippen LogP contribution >= 0.6 is 0 Å². The zero-order valence-electron chi connectivity index (χ0n) is 16.5. The molecule has 30 heavy (non-hydrogen) atoms. The molecule has 0 aliphatic heterocycles. The van der Waals surface area contributed by atoms with Crippen LogP contribution in [0.3, 0.4) is 0 Å². The third-order valence-electron chi connectivity index (χ3n) is 5.61. The summed E-state index contributed by atoms with van der Waals surface area (Å²) in [4.78, 5) is 16.3. The maximum absolute atomic E-state index is 12.3. The normalized spacial score (nSPS) is 14.3. The molecule has 5 rings (SSSR count). The highest BCUT2D eigenvalue weighted by atomic mass is 16.1. The summed E-state index contributed by atoms with van der Waals surface area (Å²) < 4.78 is 1.74. The topological polar surface area (TPSA) is 85.1 Å². The van der Waals surface area contributed by atoms with Gasteiger partial charge in [0.25, 0.3) is 0 Å². The monoisotopic (exact) mass is 398 g/mol. The molecule has 0 bridgehead atoms. The number of anilines is 1. The molecule has 1 saturated carbocycles. The number of carbonyl (C=O) groups excluding carboxylic acids is 1. The molecule has 1 aliphatic rings. The molecule has 1 fully saturated rings. The van der Waals surface area contributed by atoms with Crippen molar-refractivity contribution in [2.45, 2.75) is 32.1 Å². The lowest BCUT2D eigenvalue weighted by molar-refractivity contribution is -0.117. The van der Waals surface area contributed by atoms with Crippen LogP contribution in [0, 0.1) is 5.92 Å². The van der Waals surface area contributed by atoms with Crippen molar-refractivity contribution < 1.29 is 4.79 Å². The molecule has 0 saturated heterocycles. The summed E-state index contributed by atoms with van der Waals surface area (Å²) in [6, 6.07) is 15.4. The van der Waals surface area contributed by atoms with Crippen molar-refractivity contribution in [3.8, 4) is 22.6 Å². The maximum atomic E-state index is 12.3. The third-order valence-corrected chi connectivity index (χ3v) is 5.61. The van der Waals surface area contributed by atoms with E-state index in [1.165, 1.54) is 25.7 Å². The van der Waals surface area contributed by atoms with Gasteiger partial charge in [0.1, 0.15) is 0 Å². The number of nitrogens with one attached hydrogen (secondary N) is 1. The summed E-state index contributed by atoms with van der Waals surface area (Å²) in [5, 5.41) is 16.2. The van der Waals surface area contributed by atoms with Gasteiger partial charge in [-0.3, -0.25) is 9.78 Å². The summed E-state index contributed by atoms with van der Waals surface area (Å²) in [7, 11) is 0. The summed E-state index contributed by atoms with van der Waals surface area (Å²) in [6.07, 6.45) is 8.90. The van der Waals surface area contributed by atoms with Gasteiger partial charge in [0.05, 0.1) is 5.69 Å². The molecule has 1 N–H and O–H groups in total. The van der Waals surface area contributed by atoms with Crippen LogP contribution in [0.5, 0.6) is 0 Å². The summed E-state index contributed by atoms with van der Waals surface area (Å²) in [5.41, 5.74) is 4.16. The first-order chi connectivity index (χ1) is 14.8. The lowest BCUT2D eigenvalue weighted by Crippen LogP contribution is -2.15. The standard InChI is InChI=1S/C23H22N6O/c30-22(15-16-3-1-2-4-16)25-19-7-5-17(6-8-19)20-9-10-21-26-27-23(29(21)28-20)18-11-13-24-14-12-18/h5-14,16H,1-4,15H2,(H,25,30). The van der Waals surface area contributed by atoms with Gasteiger partial charge in [-0.15, -0.1) is 10.2 Å². The molecule has 3 aromatic heterocycles. The molecule has 3 heterocycles. The molecular weight excluding hydrogens is 376 g/mol.